The zero-order valence-corrected chi connectivity index (χ0v) is 19.0. The quantitative estimate of drug-likeness (QED) is 0.244. The van der Waals surface area contributed by atoms with Gasteiger partial charge in [-0.3, -0.25) is 0 Å². The van der Waals surface area contributed by atoms with Gasteiger partial charge in [0, 0.05) is 5.97 Å². The summed E-state index contributed by atoms with van der Waals surface area (Å²) in [6, 6.07) is 0. The molecule has 1 atom stereocenters. The second-order valence-electron chi connectivity index (χ2n) is 7.12. The van der Waals surface area contributed by atoms with Crippen molar-refractivity contribution in [2.45, 2.75) is 91.6 Å². The molecule has 0 aromatic carbocycles. The Morgan fingerprint density at radius 2 is 1.23 bits per heavy atom. The molecule has 6 heteroatoms. The SMILES string of the molecule is CC(=O)[O-].CCCCC[N+](CCCCC)(CCCCC)CC(O)CCl.[Cl-]. The Kier molecular flexibility index (Phi) is 25.1. The highest BCUT2D eigenvalue weighted by molar-refractivity contribution is 6.18. The Balaban J connectivity index is -0.000000951. The first-order chi connectivity index (χ1) is 11.9. The molecular formula is C20H42Cl2NO3-. The maximum absolute atomic E-state index is 10.1. The number of alkyl halides is 1. The van der Waals surface area contributed by atoms with Crippen molar-refractivity contribution in [3.8, 4) is 0 Å². The second-order valence-corrected chi connectivity index (χ2v) is 7.42. The van der Waals surface area contributed by atoms with E-state index >= 15 is 0 Å². The molecule has 1 N–H and O–H groups in total. The number of carbonyl (C=O) groups is 1. The fraction of sp³-hybridized carbons (Fsp3) is 0.950. The molecule has 0 radical (unpaired) electrons. The predicted octanol–water partition coefficient (Wildman–Crippen LogP) is 0.734. The van der Waals surface area contributed by atoms with E-state index < -0.39 is 5.97 Å². The molecule has 0 bridgehead atoms. The lowest BCUT2D eigenvalue weighted by atomic mass is 10.1. The van der Waals surface area contributed by atoms with E-state index in [0.29, 0.717) is 5.88 Å². The van der Waals surface area contributed by atoms with Gasteiger partial charge in [0.25, 0.3) is 0 Å². The summed E-state index contributed by atoms with van der Waals surface area (Å²) in [6.45, 7) is 12.3. The summed E-state index contributed by atoms with van der Waals surface area (Å²) >= 11 is 5.88. The van der Waals surface area contributed by atoms with Crippen molar-refractivity contribution in [2.75, 3.05) is 32.1 Å². The highest BCUT2D eigenvalue weighted by atomic mass is 35.5. The first-order valence-corrected chi connectivity index (χ1v) is 10.7. The summed E-state index contributed by atoms with van der Waals surface area (Å²) in [5.74, 6) is -0.713. The standard InChI is InChI=1S/C18H39ClNO.C2H4O2.ClH/c1-4-7-10-13-20(14-11-8-5-2,15-12-9-6-3)17-18(21)16-19;1-2(3)4;/h18,21H,4-17H2,1-3H3;1H3,(H,3,4);1H/q+1;;/p-2. The number of hydrogen-bond donors (Lipinski definition) is 1. The minimum absolute atomic E-state index is 0. The molecule has 160 valence electrons. The van der Waals surface area contributed by atoms with E-state index in [4.69, 9.17) is 21.5 Å². The summed E-state index contributed by atoms with van der Waals surface area (Å²) in [5.41, 5.74) is 0. The summed E-state index contributed by atoms with van der Waals surface area (Å²) in [4.78, 5) is 8.89. The van der Waals surface area contributed by atoms with Crippen molar-refractivity contribution in [1.82, 2.24) is 0 Å². The molecule has 0 saturated carbocycles. The van der Waals surface area contributed by atoms with Gasteiger partial charge >= 0.3 is 0 Å². The minimum Gasteiger partial charge on any atom is -1.00 e. The first kappa shape index (κ1) is 30.7. The third-order valence-electron chi connectivity index (χ3n) is 4.48. The van der Waals surface area contributed by atoms with E-state index in [1.54, 1.807) is 0 Å². The highest BCUT2D eigenvalue weighted by Crippen LogP contribution is 2.18. The topological polar surface area (TPSA) is 60.4 Å². The largest absolute Gasteiger partial charge is 1.00 e. The molecule has 0 aliphatic carbocycles. The Morgan fingerprint density at radius 3 is 1.46 bits per heavy atom. The number of carboxylic acids is 1. The van der Waals surface area contributed by atoms with E-state index in [2.05, 4.69) is 20.8 Å². The zero-order chi connectivity index (χ0) is 19.6. The van der Waals surface area contributed by atoms with Crippen LogP contribution in [0.1, 0.15) is 85.5 Å². The van der Waals surface area contributed by atoms with Gasteiger partial charge < -0.3 is 31.9 Å². The van der Waals surface area contributed by atoms with Crippen molar-refractivity contribution in [1.29, 1.82) is 0 Å². The molecule has 0 saturated heterocycles. The highest BCUT2D eigenvalue weighted by Gasteiger charge is 2.28. The van der Waals surface area contributed by atoms with E-state index in [9.17, 15) is 5.11 Å². The van der Waals surface area contributed by atoms with Gasteiger partial charge in [0.15, 0.2) is 0 Å². The number of aliphatic hydroxyl groups excluding tert-OH is 1. The van der Waals surface area contributed by atoms with Crippen LogP contribution in [-0.4, -0.2) is 53.7 Å². The Hall–Kier alpha value is -0.0300. The Morgan fingerprint density at radius 1 is 0.923 bits per heavy atom. The van der Waals surface area contributed by atoms with Gasteiger partial charge in [-0.25, -0.2) is 0 Å². The molecule has 0 heterocycles. The number of aliphatic carboxylic acids is 1. The van der Waals surface area contributed by atoms with Crippen molar-refractivity contribution in [3.05, 3.63) is 0 Å². The number of halogens is 2. The van der Waals surface area contributed by atoms with Crippen LogP contribution in [0.2, 0.25) is 0 Å². The summed E-state index contributed by atoms with van der Waals surface area (Å²) < 4.78 is 1.09. The van der Waals surface area contributed by atoms with E-state index in [1.165, 1.54) is 77.4 Å². The molecule has 0 fully saturated rings. The maximum Gasteiger partial charge on any atom is 0.116 e. The van der Waals surface area contributed by atoms with Crippen LogP contribution in [0.4, 0.5) is 0 Å². The van der Waals surface area contributed by atoms with Crippen LogP contribution in [0.5, 0.6) is 0 Å². The number of aliphatic hydroxyl groups is 1. The normalized spacial score (nSPS) is 11.9. The van der Waals surface area contributed by atoms with Crippen LogP contribution in [0, 0.1) is 0 Å². The number of unbranched alkanes of at least 4 members (excludes halogenated alkanes) is 6. The van der Waals surface area contributed by atoms with Crippen molar-refractivity contribution in [3.63, 3.8) is 0 Å². The van der Waals surface area contributed by atoms with Crippen LogP contribution >= 0.6 is 11.6 Å². The second kappa shape index (κ2) is 21.3. The fourth-order valence-electron chi connectivity index (χ4n) is 3.20. The lowest BCUT2D eigenvalue weighted by Gasteiger charge is -2.40. The van der Waals surface area contributed by atoms with Gasteiger partial charge in [0.05, 0.1) is 25.5 Å². The van der Waals surface area contributed by atoms with Gasteiger partial charge in [-0.15, -0.1) is 11.6 Å². The smallest absolute Gasteiger partial charge is 0.116 e. The van der Waals surface area contributed by atoms with Crippen LogP contribution in [0.3, 0.4) is 0 Å². The van der Waals surface area contributed by atoms with E-state index in [0.717, 1.165) is 18.0 Å². The number of rotatable bonds is 15. The number of carboxylic acid groups (broad SMARTS) is 1. The predicted molar refractivity (Wildman–Crippen MR) is 106 cm³/mol. The average Bonchev–Trinajstić information content (AvgIpc) is 2.55. The van der Waals surface area contributed by atoms with Gasteiger partial charge in [0.1, 0.15) is 12.6 Å². The molecule has 0 rings (SSSR count). The third-order valence-corrected chi connectivity index (χ3v) is 4.84. The third kappa shape index (κ3) is 20.3. The molecule has 0 aliphatic rings. The molecule has 0 spiro atoms. The number of quaternary nitrogens is 1. The van der Waals surface area contributed by atoms with Crippen molar-refractivity contribution in [2.24, 2.45) is 0 Å². The first-order valence-electron chi connectivity index (χ1n) is 10.1. The monoisotopic (exact) mass is 414 g/mol. The molecule has 0 amide bonds. The van der Waals surface area contributed by atoms with Crippen molar-refractivity contribution >= 4 is 17.6 Å². The van der Waals surface area contributed by atoms with E-state index in [1.807, 2.05) is 0 Å². The number of hydrogen-bond acceptors (Lipinski definition) is 3. The molecule has 0 aromatic rings. The fourth-order valence-corrected chi connectivity index (χ4v) is 3.29. The Bertz CT molecular complexity index is 274. The lowest BCUT2D eigenvalue weighted by molar-refractivity contribution is -0.931. The van der Waals surface area contributed by atoms with Gasteiger partial charge in [-0.2, -0.15) is 0 Å². The summed E-state index contributed by atoms with van der Waals surface area (Å²) in [6.07, 6.45) is 11.2. The van der Waals surface area contributed by atoms with Crippen molar-refractivity contribution < 1.29 is 31.9 Å². The van der Waals surface area contributed by atoms with Crippen LogP contribution in [0.25, 0.3) is 0 Å². The van der Waals surface area contributed by atoms with Gasteiger partial charge in [-0.1, -0.05) is 40.0 Å². The minimum atomic E-state index is -1.08. The number of carbonyl (C=O) groups excluding carboxylic acids is 1. The molecule has 0 aromatic heterocycles. The molecule has 0 aliphatic heterocycles. The average molecular weight is 415 g/mol. The molecule has 4 nitrogen and oxygen atoms in total. The molecular weight excluding hydrogens is 373 g/mol. The lowest BCUT2D eigenvalue weighted by Crippen LogP contribution is -3.00. The molecule has 1 unspecified atom stereocenters. The van der Waals surface area contributed by atoms with Gasteiger partial charge in [0.2, 0.25) is 0 Å². The Labute approximate surface area is 173 Å². The molecule has 26 heavy (non-hydrogen) atoms. The van der Waals surface area contributed by atoms with Crippen LogP contribution in [-0.2, 0) is 4.79 Å². The van der Waals surface area contributed by atoms with E-state index in [-0.39, 0.29) is 18.5 Å². The number of nitrogens with zero attached hydrogens (tertiary/aromatic N) is 1. The van der Waals surface area contributed by atoms with Crippen LogP contribution < -0.4 is 17.5 Å². The zero-order valence-electron chi connectivity index (χ0n) is 17.4. The van der Waals surface area contributed by atoms with Crippen LogP contribution in [0.15, 0.2) is 0 Å². The summed E-state index contributed by atoms with van der Waals surface area (Å²) in [7, 11) is 0. The van der Waals surface area contributed by atoms with Gasteiger partial charge in [-0.05, 0) is 45.4 Å². The maximum atomic E-state index is 10.1. The summed E-state index contributed by atoms with van der Waals surface area (Å²) in [5, 5.41) is 19.0.